The Morgan fingerprint density at radius 1 is 1.20 bits per heavy atom. The summed E-state index contributed by atoms with van der Waals surface area (Å²) in [6.07, 6.45) is 1.74. The lowest BCUT2D eigenvalue weighted by atomic mass is 10.3. The topological polar surface area (TPSA) is 69.0 Å². The summed E-state index contributed by atoms with van der Waals surface area (Å²) in [6, 6.07) is 12.4. The molecular formula is C20H17BrCl2N4O2S. The molecule has 30 heavy (non-hydrogen) atoms. The Morgan fingerprint density at radius 2 is 1.97 bits per heavy atom. The molecule has 2 aromatic carbocycles. The van der Waals surface area contributed by atoms with E-state index in [1.807, 2.05) is 28.8 Å². The van der Waals surface area contributed by atoms with Crippen LogP contribution >= 0.6 is 50.9 Å². The van der Waals surface area contributed by atoms with Gasteiger partial charge in [0.2, 0.25) is 5.91 Å². The third kappa shape index (κ3) is 6.25. The van der Waals surface area contributed by atoms with Gasteiger partial charge in [-0.2, -0.15) is 0 Å². The first-order chi connectivity index (χ1) is 14.5. The van der Waals surface area contributed by atoms with Gasteiger partial charge >= 0.3 is 0 Å². The van der Waals surface area contributed by atoms with Crippen LogP contribution in [0.3, 0.4) is 0 Å². The zero-order valence-electron chi connectivity index (χ0n) is 15.6. The number of nitrogens with zero attached hydrogens (tertiary/aromatic N) is 3. The number of hydrogen-bond donors (Lipinski definition) is 1. The molecule has 1 heterocycles. The highest BCUT2D eigenvalue weighted by Gasteiger charge is 2.14. The molecule has 0 radical (unpaired) electrons. The highest BCUT2D eigenvalue weighted by atomic mass is 79.9. The van der Waals surface area contributed by atoms with Crippen molar-refractivity contribution in [1.29, 1.82) is 0 Å². The molecule has 6 nitrogen and oxygen atoms in total. The van der Waals surface area contributed by atoms with E-state index < -0.39 is 0 Å². The predicted octanol–water partition coefficient (Wildman–Crippen LogP) is 5.84. The summed E-state index contributed by atoms with van der Waals surface area (Å²) < 4.78 is 8.62. The first-order valence-electron chi connectivity index (χ1n) is 8.75. The molecule has 1 N–H and O–H groups in total. The van der Waals surface area contributed by atoms with E-state index in [0.29, 0.717) is 33.3 Å². The molecule has 1 amide bonds. The van der Waals surface area contributed by atoms with Crippen molar-refractivity contribution in [2.24, 2.45) is 0 Å². The Labute approximate surface area is 196 Å². The molecule has 0 unspecified atom stereocenters. The van der Waals surface area contributed by atoms with Crippen LogP contribution in [0.2, 0.25) is 10.0 Å². The number of amides is 1. The third-order valence-corrected chi connectivity index (χ3v) is 6.06. The monoisotopic (exact) mass is 526 g/mol. The second-order valence-corrected chi connectivity index (χ2v) is 8.68. The van der Waals surface area contributed by atoms with Crippen molar-refractivity contribution >= 4 is 62.5 Å². The van der Waals surface area contributed by atoms with Crippen LogP contribution in [-0.4, -0.2) is 26.4 Å². The summed E-state index contributed by atoms with van der Waals surface area (Å²) in [7, 11) is 0. The number of rotatable bonds is 9. The maximum atomic E-state index is 12.3. The van der Waals surface area contributed by atoms with E-state index in [0.717, 1.165) is 10.2 Å². The molecule has 1 aromatic heterocycles. The highest BCUT2D eigenvalue weighted by Crippen LogP contribution is 2.25. The number of halogens is 3. The molecule has 0 spiro atoms. The first-order valence-corrected chi connectivity index (χ1v) is 11.3. The van der Waals surface area contributed by atoms with Crippen LogP contribution in [0.25, 0.3) is 0 Å². The number of anilines is 1. The molecule has 0 aliphatic carbocycles. The van der Waals surface area contributed by atoms with E-state index >= 15 is 0 Å². The molecule has 10 heteroatoms. The first kappa shape index (κ1) is 22.7. The number of thioether (sulfide) groups is 1. The summed E-state index contributed by atoms with van der Waals surface area (Å²) in [6.45, 7) is 4.53. The van der Waals surface area contributed by atoms with Crippen LogP contribution in [0.1, 0.15) is 5.82 Å². The number of carbonyl (C=O) groups is 1. The molecule has 156 valence electrons. The summed E-state index contributed by atoms with van der Waals surface area (Å²) >= 11 is 16.5. The normalized spacial score (nSPS) is 10.6. The van der Waals surface area contributed by atoms with Crippen molar-refractivity contribution in [3.63, 3.8) is 0 Å². The number of ether oxygens (including phenoxy) is 1. The van der Waals surface area contributed by atoms with Crippen LogP contribution in [0, 0.1) is 0 Å². The van der Waals surface area contributed by atoms with Gasteiger partial charge in [0.15, 0.2) is 11.0 Å². The molecule has 0 bridgehead atoms. The van der Waals surface area contributed by atoms with E-state index in [-0.39, 0.29) is 18.3 Å². The van der Waals surface area contributed by atoms with Gasteiger partial charge in [0.25, 0.3) is 0 Å². The largest absolute Gasteiger partial charge is 0.486 e. The van der Waals surface area contributed by atoms with Gasteiger partial charge in [-0.15, -0.1) is 16.8 Å². The fourth-order valence-corrected chi connectivity index (χ4v) is 3.75. The maximum absolute atomic E-state index is 12.3. The number of carbonyl (C=O) groups excluding carboxylic acids is 1. The fraction of sp³-hybridized carbons (Fsp3) is 0.150. The second kappa shape index (κ2) is 10.9. The minimum atomic E-state index is -0.195. The predicted molar refractivity (Wildman–Crippen MR) is 125 cm³/mol. The second-order valence-electron chi connectivity index (χ2n) is 6.01. The summed E-state index contributed by atoms with van der Waals surface area (Å²) in [5.74, 6) is 1.33. The van der Waals surface area contributed by atoms with Gasteiger partial charge in [0.1, 0.15) is 12.4 Å². The van der Waals surface area contributed by atoms with Crippen molar-refractivity contribution in [3.05, 3.63) is 75.5 Å². The molecule has 3 rings (SSSR count). The Hall–Kier alpha value is -2.00. The van der Waals surface area contributed by atoms with Gasteiger partial charge in [0, 0.05) is 16.7 Å². The van der Waals surface area contributed by atoms with E-state index in [1.54, 1.807) is 24.3 Å². The zero-order chi connectivity index (χ0) is 21.5. The number of allylic oxidation sites excluding steroid dienone is 1. The molecule has 0 saturated heterocycles. The van der Waals surface area contributed by atoms with E-state index in [2.05, 4.69) is 38.0 Å². The third-order valence-electron chi connectivity index (χ3n) is 3.82. The van der Waals surface area contributed by atoms with Crippen molar-refractivity contribution in [1.82, 2.24) is 14.8 Å². The average molecular weight is 528 g/mol. The van der Waals surface area contributed by atoms with Crippen LogP contribution < -0.4 is 10.1 Å². The van der Waals surface area contributed by atoms with E-state index in [9.17, 15) is 4.79 Å². The quantitative estimate of drug-likeness (QED) is 0.279. The smallest absolute Gasteiger partial charge is 0.234 e. The van der Waals surface area contributed by atoms with Crippen molar-refractivity contribution in [2.75, 3.05) is 11.1 Å². The van der Waals surface area contributed by atoms with Gasteiger partial charge < -0.3 is 10.1 Å². The van der Waals surface area contributed by atoms with Crippen LogP contribution in [0.5, 0.6) is 5.75 Å². The maximum Gasteiger partial charge on any atom is 0.234 e. The number of nitrogens with one attached hydrogen (secondary N) is 1. The summed E-state index contributed by atoms with van der Waals surface area (Å²) in [5, 5.41) is 12.6. The SMILES string of the molecule is C=CCn1c(COc2ccc(Br)cc2)nnc1SCC(=O)Nc1ccc(Cl)c(Cl)c1. The lowest BCUT2D eigenvalue weighted by Gasteiger charge is -2.09. The lowest BCUT2D eigenvalue weighted by Crippen LogP contribution is -2.15. The van der Waals surface area contributed by atoms with Crippen molar-refractivity contribution in [3.8, 4) is 5.75 Å². The summed E-state index contributed by atoms with van der Waals surface area (Å²) in [5.41, 5.74) is 0.575. The number of hydrogen-bond acceptors (Lipinski definition) is 5. The molecule has 0 aliphatic rings. The zero-order valence-corrected chi connectivity index (χ0v) is 19.6. The van der Waals surface area contributed by atoms with Gasteiger partial charge in [-0.1, -0.05) is 57.0 Å². The molecular weight excluding hydrogens is 511 g/mol. The van der Waals surface area contributed by atoms with E-state index in [4.69, 9.17) is 27.9 Å². The van der Waals surface area contributed by atoms with Gasteiger partial charge in [0.05, 0.1) is 15.8 Å². The van der Waals surface area contributed by atoms with Crippen molar-refractivity contribution < 1.29 is 9.53 Å². The standard InChI is InChI=1S/C20H17BrCl2N4O2S/c1-2-9-27-18(11-29-15-6-3-13(21)4-7-15)25-26-20(27)30-12-19(28)24-14-5-8-16(22)17(23)10-14/h2-8,10H,1,9,11-12H2,(H,24,28). The Morgan fingerprint density at radius 3 is 2.67 bits per heavy atom. The van der Waals surface area contributed by atoms with E-state index in [1.165, 1.54) is 11.8 Å². The molecule has 0 fully saturated rings. The number of benzene rings is 2. The summed E-state index contributed by atoms with van der Waals surface area (Å²) in [4.78, 5) is 12.3. The minimum absolute atomic E-state index is 0.156. The number of aromatic nitrogens is 3. The molecule has 3 aromatic rings. The van der Waals surface area contributed by atoms with Gasteiger partial charge in [-0.3, -0.25) is 9.36 Å². The van der Waals surface area contributed by atoms with Crippen LogP contribution in [0.4, 0.5) is 5.69 Å². The fourth-order valence-electron chi connectivity index (χ4n) is 2.42. The molecule has 0 atom stereocenters. The van der Waals surface area contributed by atoms with Crippen LogP contribution in [0.15, 0.2) is 64.7 Å². The molecule has 0 aliphatic heterocycles. The van der Waals surface area contributed by atoms with Gasteiger partial charge in [-0.25, -0.2) is 0 Å². The Balaban J connectivity index is 1.60. The Bertz CT molecular complexity index is 1040. The average Bonchev–Trinajstić information content (AvgIpc) is 3.11. The Kier molecular flexibility index (Phi) is 8.21. The minimum Gasteiger partial charge on any atom is -0.486 e. The van der Waals surface area contributed by atoms with Gasteiger partial charge in [-0.05, 0) is 42.5 Å². The van der Waals surface area contributed by atoms with Crippen molar-refractivity contribution in [2.45, 2.75) is 18.3 Å². The molecule has 0 saturated carbocycles. The highest BCUT2D eigenvalue weighted by molar-refractivity contribution is 9.10. The lowest BCUT2D eigenvalue weighted by molar-refractivity contribution is -0.113. The van der Waals surface area contributed by atoms with Crippen LogP contribution in [-0.2, 0) is 17.9 Å².